The maximum absolute atomic E-state index is 5.80. The van der Waals surface area contributed by atoms with Crippen molar-refractivity contribution >= 4 is 34.7 Å². The number of rotatable bonds is 16. The fourth-order valence-electron chi connectivity index (χ4n) is 2.96. The van der Waals surface area contributed by atoms with Gasteiger partial charge in [-0.15, -0.1) is 0 Å². The normalized spacial score (nSPS) is 10.6. The predicted octanol–water partition coefficient (Wildman–Crippen LogP) is 6.02. The molecule has 0 aliphatic carbocycles. The Labute approximate surface area is 186 Å². The van der Waals surface area contributed by atoms with E-state index in [0.29, 0.717) is 0 Å². The first-order chi connectivity index (χ1) is 13.6. The summed E-state index contributed by atoms with van der Waals surface area (Å²) in [5.74, 6) is 0. The molecule has 0 bridgehead atoms. The van der Waals surface area contributed by atoms with Crippen LogP contribution >= 0.6 is 24.4 Å². The first-order valence-electron chi connectivity index (χ1n) is 11.7. The highest BCUT2D eigenvalue weighted by molar-refractivity contribution is 7.80. The molecule has 0 saturated heterocycles. The van der Waals surface area contributed by atoms with Crippen LogP contribution in [0.2, 0.25) is 0 Å². The van der Waals surface area contributed by atoms with Gasteiger partial charge < -0.3 is 10.6 Å². The van der Waals surface area contributed by atoms with Gasteiger partial charge >= 0.3 is 0 Å². The lowest BCUT2D eigenvalue weighted by Gasteiger charge is -2.38. The van der Waals surface area contributed by atoms with Crippen LogP contribution in [-0.4, -0.2) is 46.4 Å². The molecule has 2 N–H and O–H groups in total. The molecule has 0 fully saturated rings. The molecule has 0 aromatic rings. The van der Waals surface area contributed by atoms with Crippen LogP contribution in [0.15, 0.2) is 0 Å². The summed E-state index contributed by atoms with van der Waals surface area (Å²) >= 11 is 11.6. The average Bonchev–Trinajstić information content (AvgIpc) is 2.69. The van der Waals surface area contributed by atoms with Gasteiger partial charge in [-0.1, -0.05) is 79.1 Å². The zero-order chi connectivity index (χ0) is 21.0. The fraction of sp³-hybridized carbons (Fsp3) is 0.909. The zero-order valence-electron chi connectivity index (χ0n) is 19.0. The second kappa shape index (κ2) is 19.7. The SMILES string of the molecule is CCCCCCNC(=S)N(CCCCCC)N(CCCC)C(=S)NCCCC. The number of nitrogens with one attached hydrogen (secondary N) is 2. The van der Waals surface area contributed by atoms with E-state index in [0.717, 1.165) is 62.1 Å². The van der Waals surface area contributed by atoms with E-state index in [9.17, 15) is 0 Å². The molecule has 4 nitrogen and oxygen atoms in total. The molecule has 6 heteroatoms. The maximum Gasteiger partial charge on any atom is 0.188 e. The molecule has 166 valence electrons. The van der Waals surface area contributed by atoms with Crippen molar-refractivity contribution in [3.63, 3.8) is 0 Å². The van der Waals surface area contributed by atoms with Crippen molar-refractivity contribution in [1.29, 1.82) is 0 Å². The molecule has 0 unspecified atom stereocenters. The molecular formula is C22H46N4S2. The van der Waals surface area contributed by atoms with Crippen molar-refractivity contribution in [3.8, 4) is 0 Å². The van der Waals surface area contributed by atoms with Crippen molar-refractivity contribution in [1.82, 2.24) is 20.7 Å². The molecule has 0 rings (SSSR count). The Hall–Kier alpha value is -0.620. The van der Waals surface area contributed by atoms with E-state index in [-0.39, 0.29) is 0 Å². The molecule has 0 radical (unpaired) electrons. The molecule has 0 amide bonds. The third-order valence-corrected chi connectivity index (χ3v) is 5.53. The van der Waals surface area contributed by atoms with Gasteiger partial charge in [0, 0.05) is 26.2 Å². The van der Waals surface area contributed by atoms with Crippen molar-refractivity contribution in [3.05, 3.63) is 0 Å². The first-order valence-corrected chi connectivity index (χ1v) is 12.5. The van der Waals surface area contributed by atoms with Crippen molar-refractivity contribution in [2.24, 2.45) is 0 Å². The van der Waals surface area contributed by atoms with E-state index >= 15 is 0 Å². The maximum atomic E-state index is 5.80. The lowest BCUT2D eigenvalue weighted by Crippen LogP contribution is -2.56. The number of unbranched alkanes of at least 4 members (excludes halogenated alkanes) is 8. The number of thiocarbonyl (C=S) groups is 2. The Morgan fingerprint density at radius 2 is 0.964 bits per heavy atom. The highest BCUT2D eigenvalue weighted by Gasteiger charge is 2.20. The van der Waals surface area contributed by atoms with Gasteiger partial charge in [0.2, 0.25) is 0 Å². The average molecular weight is 431 g/mol. The monoisotopic (exact) mass is 430 g/mol. The van der Waals surface area contributed by atoms with Crippen LogP contribution in [0.25, 0.3) is 0 Å². The summed E-state index contributed by atoms with van der Waals surface area (Å²) in [6.07, 6.45) is 14.5. The minimum absolute atomic E-state index is 0.813. The molecule has 0 heterocycles. The van der Waals surface area contributed by atoms with Gasteiger partial charge in [-0.25, -0.2) is 0 Å². The molecule has 0 aromatic heterocycles. The number of hydrazine groups is 1. The highest BCUT2D eigenvalue weighted by Crippen LogP contribution is 2.09. The number of hydrogen-bond acceptors (Lipinski definition) is 2. The van der Waals surface area contributed by atoms with Crippen LogP contribution in [-0.2, 0) is 0 Å². The molecule has 0 spiro atoms. The smallest absolute Gasteiger partial charge is 0.188 e. The van der Waals surface area contributed by atoms with Crippen molar-refractivity contribution in [2.45, 2.75) is 105 Å². The zero-order valence-corrected chi connectivity index (χ0v) is 20.7. The van der Waals surface area contributed by atoms with Gasteiger partial charge in [-0.05, 0) is 50.1 Å². The van der Waals surface area contributed by atoms with Gasteiger partial charge in [0.05, 0.1) is 0 Å². The van der Waals surface area contributed by atoms with E-state index in [2.05, 4.69) is 48.3 Å². The van der Waals surface area contributed by atoms with Crippen LogP contribution in [0.5, 0.6) is 0 Å². The van der Waals surface area contributed by atoms with Crippen LogP contribution in [0.4, 0.5) is 0 Å². The molecule has 0 aliphatic rings. The Morgan fingerprint density at radius 3 is 1.46 bits per heavy atom. The molecule has 0 aliphatic heterocycles. The van der Waals surface area contributed by atoms with Gasteiger partial charge in [-0.2, -0.15) is 0 Å². The molecule has 0 aromatic carbocycles. The standard InChI is InChI=1S/C22H46N4S2/c1-5-9-13-15-18-24-22(28)26(20-16-14-10-6-2)25(19-12-8-4)21(27)23-17-11-7-3/h5-20H2,1-4H3,(H,23,27)(H,24,28). The van der Waals surface area contributed by atoms with Crippen LogP contribution in [0.1, 0.15) is 105 Å². The number of hydrogen-bond donors (Lipinski definition) is 2. The van der Waals surface area contributed by atoms with Crippen molar-refractivity contribution < 1.29 is 0 Å². The van der Waals surface area contributed by atoms with E-state index in [4.69, 9.17) is 24.4 Å². The summed E-state index contributed by atoms with van der Waals surface area (Å²) < 4.78 is 0. The molecule has 28 heavy (non-hydrogen) atoms. The van der Waals surface area contributed by atoms with E-state index < -0.39 is 0 Å². The Balaban J connectivity index is 4.95. The number of nitrogens with zero attached hydrogens (tertiary/aromatic N) is 2. The summed E-state index contributed by atoms with van der Waals surface area (Å²) in [4.78, 5) is 0. The third-order valence-electron chi connectivity index (χ3n) is 4.82. The lowest BCUT2D eigenvalue weighted by molar-refractivity contribution is 0.123. The summed E-state index contributed by atoms with van der Waals surface area (Å²) in [6.45, 7) is 12.6. The lowest BCUT2D eigenvalue weighted by atomic mass is 10.2. The van der Waals surface area contributed by atoms with Gasteiger partial charge in [0.25, 0.3) is 0 Å². The summed E-state index contributed by atoms with van der Waals surface area (Å²) in [6, 6.07) is 0. The summed E-state index contributed by atoms with van der Waals surface area (Å²) in [5, 5.41) is 13.0. The highest BCUT2D eigenvalue weighted by atomic mass is 32.1. The molecular weight excluding hydrogens is 384 g/mol. The van der Waals surface area contributed by atoms with E-state index in [1.54, 1.807) is 0 Å². The Kier molecular flexibility index (Phi) is 19.2. The Bertz CT molecular complexity index is 391. The Morgan fingerprint density at radius 1 is 0.536 bits per heavy atom. The van der Waals surface area contributed by atoms with E-state index in [1.165, 1.54) is 51.4 Å². The quantitative estimate of drug-likeness (QED) is 0.177. The van der Waals surface area contributed by atoms with Crippen LogP contribution < -0.4 is 10.6 Å². The van der Waals surface area contributed by atoms with Crippen LogP contribution in [0.3, 0.4) is 0 Å². The third kappa shape index (κ3) is 13.5. The second-order valence-electron chi connectivity index (χ2n) is 7.54. The molecule has 0 saturated carbocycles. The van der Waals surface area contributed by atoms with Crippen LogP contribution in [0, 0.1) is 0 Å². The van der Waals surface area contributed by atoms with Gasteiger partial charge in [0.15, 0.2) is 10.2 Å². The summed E-state index contributed by atoms with van der Waals surface area (Å²) in [5.41, 5.74) is 0. The first kappa shape index (κ1) is 27.4. The second-order valence-corrected chi connectivity index (χ2v) is 8.31. The minimum atomic E-state index is 0.813. The summed E-state index contributed by atoms with van der Waals surface area (Å²) in [7, 11) is 0. The van der Waals surface area contributed by atoms with Gasteiger partial charge in [0.1, 0.15) is 0 Å². The minimum Gasteiger partial charge on any atom is -0.361 e. The predicted molar refractivity (Wildman–Crippen MR) is 133 cm³/mol. The largest absolute Gasteiger partial charge is 0.361 e. The van der Waals surface area contributed by atoms with Crippen molar-refractivity contribution in [2.75, 3.05) is 26.2 Å². The van der Waals surface area contributed by atoms with E-state index in [1.807, 2.05) is 0 Å². The van der Waals surface area contributed by atoms with Gasteiger partial charge in [-0.3, -0.25) is 10.0 Å². The topological polar surface area (TPSA) is 30.5 Å². The fourth-order valence-corrected chi connectivity index (χ4v) is 3.55. The molecule has 0 atom stereocenters.